The Kier molecular flexibility index (Phi) is 4.74. The van der Waals surface area contributed by atoms with Crippen LogP contribution in [0.25, 0.3) is 0 Å². The van der Waals surface area contributed by atoms with Gasteiger partial charge in [-0.3, -0.25) is 4.79 Å². The molecule has 0 atom stereocenters. The van der Waals surface area contributed by atoms with Crippen LogP contribution in [0, 0.1) is 5.82 Å². The van der Waals surface area contributed by atoms with Gasteiger partial charge in [0, 0.05) is 16.9 Å². The van der Waals surface area contributed by atoms with E-state index in [1.54, 1.807) is 17.8 Å². The zero-order chi connectivity index (χ0) is 13.7. The fraction of sp³-hybridized carbons (Fsp3) is 0.188. The van der Waals surface area contributed by atoms with Gasteiger partial charge in [-0.1, -0.05) is 30.3 Å². The molecule has 0 aliphatic carbocycles. The molecule has 2 aromatic carbocycles. The van der Waals surface area contributed by atoms with Crippen LogP contribution in [0.1, 0.15) is 22.3 Å². The normalized spacial score (nSPS) is 10.4. The van der Waals surface area contributed by atoms with Crippen LogP contribution in [0.3, 0.4) is 0 Å². The lowest BCUT2D eigenvalue weighted by Crippen LogP contribution is -2.03. The molecule has 0 bridgehead atoms. The van der Waals surface area contributed by atoms with Crippen molar-refractivity contribution >= 4 is 17.5 Å². The van der Waals surface area contributed by atoms with Gasteiger partial charge in [0.1, 0.15) is 5.82 Å². The molecular weight excluding hydrogens is 259 g/mol. The van der Waals surface area contributed by atoms with Gasteiger partial charge in [0.25, 0.3) is 0 Å². The van der Waals surface area contributed by atoms with Crippen molar-refractivity contribution in [2.24, 2.45) is 0 Å². The fourth-order valence-electron chi connectivity index (χ4n) is 1.96. The summed E-state index contributed by atoms with van der Waals surface area (Å²) in [5, 5.41) is 0. The van der Waals surface area contributed by atoms with Gasteiger partial charge in [-0.05, 0) is 36.4 Å². The topological polar surface area (TPSA) is 17.1 Å². The zero-order valence-electron chi connectivity index (χ0n) is 10.7. The van der Waals surface area contributed by atoms with Crippen LogP contribution in [-0.2, 0) is 6.42 Å². The van der Waals surface area contributed by atoms with Crippen molar-refractivity contribution in [1.82, 2.24) is 0 Å². The Morgan fingerprint density at radius 1 is 1.16 bits per heavy atom. The molecular formula is C16H15FOS. The fourth-order valence-corrected chi connectivity index (χ4v) is 2.58. The number of ketones is 1. The molecule has 0 unspecified atom stereocenters. The number of rotatable bonds is 5. The number of Topliss-reactive ketones (excluding diaryl/α,β-unsaturated/α-hetero) is 1. The summed E-state index contributed by atoms with van der Waals surface area (Å²) in [6.45, 7) is 0. The van der Waals surface area contributed by atoms with E-state index in [0.717, 1.165) is 16.0 Å². The molecule has 98 valence electrons. The van der Waals surface area contributed by atoms with Crippen molar-refractivity contribution in [3.8, 4) is 0 Å². The van der Waals surface area contributed by atoms with Gasteiger partial charge in [-0.15, -0.1) is 11.8 Å². The summed E-state index contributed by atoms with van der Waals surface area (Å²) < 4.78 is 13.0. The second-order valence-electron chi connectivity index (χ2n) is 4.25. The Balaban J connectivity index is 2.05. The van der Waals surface area contributed by atoms with Crippen molar-refractivity contribution in [2.75, 3.05) is 6.26 Å². The highest BCUT2D eigenvalue weighted by Crippen LogP contribution is 2.21. The molecule has 0 saturated carbocycles. The summed E-state index contributed by atoms with van der Waals surface area (Å²) in [6.07, 6.45) is 2.93. The number of thioether (sulfide) groups is 1. The molecule has 3 heteroatoms. The SMILES string of the molecule is CSc1ccccc1C(=O)CCc1cccc(F)c1. The molecule has 2 rings (SSSR count). The van der Waals surface area contributed by atoms with E-state index >= 15 is 0 Å². The standard InChI is InChI=1S/C16H15FOS/c1-19-16-8-3-2-7-14(16)15(18)10-9-12-5-4-6-13(17)11-12/h2-8,11H,9-10H2,1H3. The summed E-state index contributed by atoms with van der Waals surface area (Å²) in [6, 6.07) is 14.0. The van der Waals surface area contributed by atoms with Crippen LogP contribution < -0.4 is 0 Å². The van der Waals surface area contributed by atoms with Gasteiger partial charge >= 0.3 is 0 Å². The molecule has 1 nitrogen and oxygen atoms in total. The van der Waals surface area contributed by atoms with E-state index in [4.69, 9.17) is 0 Å². The van der Waals surface area contributed by atoms with E-state index in [9.17, 15) is 9.18 Å². The molecule has 0 fully saturated rings. The van der Waals surface area contributed by atoms with Gasteiger partial charge in [-0.2, -0.15) is 0 Å². The van der Waals surface area contributed by atoms with E-state index in [1.807, 2.05) is 36.6 Å². The quantitative estimate of drug-likeness (QED) is 0.595. The van der Waals surface area contributed by atoms with Crippen molar-refractivity contribution in [3.63, 3.8) is 0 Å². The number of aryl methyl sites for hydroxylation is 1. The summed E-state index contributed by atoms with van der Waals surface area (Å²) in [7, 11) is 0. The minimum absolute atomic E-state index is 0.106. The monoisotopic (exact) mass is 274 g/mol. The molecule has 0 aromatic heterocycles. The molecule has 0 aliphatic heterocycles. The van der Waals surface area contributed by atoms with E-state index in [1.165, 1.54) is 12.1 Å². The minimum atomic E-state index is -0.255. The second kappa shape index (κ2) is 6.53. The van der Waals surface area contributed by atoms with Gasteiger partial charge < -0.3 is 0 Å². The summed E-state index contributed by atoms with van der Waals surface area (Å²) in [4.78, 5) is 13.2. The molecule has 0 spiro atoms. The number of halogens is 1. The van der Waals surface area contributed by atoms with Crippen molar-refractivity contribution in [3.05, 3.63) is 65.5 Å². The number of hydrogen-bond acceptors (Lipinski definition) is 2. The lowest BCUT2D eigenvalue weighted by Gasteiger charge is -2.06. The van der Waals surface area contributed by atoms with Crippen LogP contribution in [0.15, 0.2) is 53.4 Å². The van der Waals surface area contributed by atoms with Gasteiger partial charge in [-0.25, -0.2) is 4.39 Å². The Morgan fingerprint density at radius 3 is 2.68 bits per heavy atom. The zero-order valence-corrected chi connectivity index (χ0v) is 11.5. The molecule has 0 amide bonds. The first kappa shape index (κ1) is 13.8. The molecule has 19 heavy (non-hydrogen) atoms. The van der Waals surface area contributed by atoms with E-state index < -0.39 is 0 Å². The van der Waals surface area contributed by atoms with Crippen molar-refractivity contribution < 1.29 is 9.18 Å². The first-order chi connectivity index (χ1) is 9.20. The highest BCUT2D eigenvalue weighted by Gasteiger charge is 2.10. The summed E-state index contributed by atoms with van der Waals surface area (Å²) in [5.41, 5.74) is 1.61. The van der Waals surface area contributed by atoms with Crippen LogP contribution in [-0.4, -0.2) is 12.0 Å². The van der Waals surface area contributed by atoms with Gasteiger partial charge in [0.2, 0.25) is 0 Å². The maximum atomic E-state index is 13.0. The van der Waals surface area contributed by atoms with Crippen LogP contribution in [0.4, 0.5) is 4.39 Å². The van der Waals surface area contributed by atoms with Crippen molar-refractivity contribution in [2.45, 2.75) is 17.7 Å². The average Bonchev–Trinajstić information content (AvgIpc) is 2.45. The third kappa shape index (κ3) is 3.67. The molecule has 0 heterocycles. The van der Waals surface area contributed by atoms with Crippen LogP contribution in [0.2, 0.25) is 0 Å². The lowest BCUT2D eigenvalue weighted by atomic mass is 10.0. The molecule has 0 radical (unpaired) electrons. The molecule has 0 aliphatic rings. The number of carbonyl (C=O) groups is 1. The van der Waals surface area contributed by atoms with Gasteiger partial charge in [0.05, 0.1) is 0 Å². The molecule has 0 saturated heterocycles. The smallest absolute Gasteiger partial charge is 0.164 e. The predicted octanol–water partition coefficient (Wildman–Crippen LogP) is 4.36. The first-order valence-corrected chi connectivity index (χ1v) is 7.34. The summed E-state index contributed by atoms with van der Waals surface area (Å²) in [5.74, 6) is -0.149. The van der Waals surface area contributed by atoms with Crippen LogP contribution >= 0.6 is 11.8 Å². The molecule has 2 aromatic rings. The first-order valence-electron chi connectivity index (χ1n) is 6.11. The maximum Gasteiger partial charge on any atom is 0.164 e. The minimum Gasteiger partial charge on any atom is -0.294 e. The lowest BCUT2D eigenvalue weighted by molar-refractivity contribution is 0.0980. The van der Waals surface area contributed by atoms with E-state index in [-0.39, 0.29) is 11.6 Å². The average molecular weight is 274 g/mol. The molecule has 0 N–H and O–H groups in total. The Bertz CT molecular complexity index is 580. The third-order valence-corrected chi connectivity index (χ3v) is 3.73. The van der Waals surface area contributed by atoms with E-state index in [2.05, 4.69) is 0 Å². The largest absolute Gasteiger partial charge is 0.294 e. The highest BCUT2D eigenvalue weighted by molar-refractivity contribution is 7.98. The Morgan fingerprint density at radius 2 is 1.95 bits per heavy atom. The third-order valence-electron chi connectivity index (χ3n) is 2.94. The van der Waals surface area contributed by atoms with E-state index in [0.29, 0.717) is 12.8 Å². The number of hydrogen-bond donors (Lipinski definition) is 0. The summed E-state index contributed by atoms with van der Waals surface area (Å²) >= 11 is 1.57. The second-order valence-corrected chi connectivity index (χ2v) is 5.10. The maximum absolute atomic E-state index is 13.0. The van der Waals surface area contributed by atoms with Crippen molar-refractivity contribution in [1.29, 1.82) is 0 Å². The van der Waals surface area contributed by atoms with Crippen LogP contribution in [0.5, 0.6) is 0 Å². The number of benzene rings is 2. The predicted molar refractivity (Wildman–Crippen MR) is 77.3 cm³/mol. The van der Waals surface area contributed by atoms with Gasteiger partial charge in [0.15, 0.2) is 5.78 Å². The Labute approximate surface area is 116 Å². The Hall–Kier alpha value is -1.61. The highest BCUT2D eigenvalue weighted by atomic mass is 32.2. The number of carbonyl (C=O) groups excluding carboxylic acids is 1.